The predicted octanol–water partition coefficient (Wildman–Crippen LogP) is 17.6. The van der Waals surface area contributed by atoms with Crippen molar-refractivity contribution in [2.75, 3.05) is 4.90 Å². The highest BCUT2D eigenvalue weighted by atomic mass is 32.1. The molecule has 1 aliphatic rings. The van der Waals surface area contributed by atoms with Crippen molar-refractivity contribution in [3.8, 4) is 28.2 Å². The number of nitrogens with zero attached hydrogens (tertiary/aromatic N) is 4. The van der Waals surface area contributed by atoms with E-state index in [1.807, 2.05) is 23.5 Å². The number of fused-ring (bicyclic) bond motifs is 17. The highest BCUT2D eigenvalue weighted by molar-refractivity contribution is 7.27. The lowest BCUT2D eigenvalue weighted by Gasteiger charge is -2.29. The molecule has 14 aromatic rings. The molecule has 0 bridgehead atoms. The molecule has 324 valence electrons. The number of aromatic nitrogens is 3. The van der Waals surface area contributed by atoms with Crippen LogP contribution in [0.4, 0.5) is 17.2 Å². The number of hydrogen-bond acceptors (Lipinski definition) is 5. The van der Waals surface area contributed by atoms with Crippen molar-refractivity contribution < 1.29 is 4.42 Å². The van der Waals surface area contributed by atoms with Crippen molar-refractivity contribution in [2.24, 2.45) is 0 Å². The first kappa shape index (κ1) is 38.5. The van der Waals surface area contributed by atoms with Crippen LogP contribution in [-0.2, 0) is 5.41 Å². The maximum Gasteiger partial charge on any atom is 0.237 e. The van der Waals surface area contributed by atoms with Crippen LogP contribution in [0.5, 0.6) is 0 Å². The molecular weight excluding hydrogens is 861 g/mol. The Kier molecular flexibility index (Phi) is 7.94. The lowest BCUT2D eigenvalue weighted by Crippen LogP contribution is -2.17. The molecule has 69 heavy (non-hydrogen) atoms. The molecule has 0 aliphatic heterocycles. The van der Waals surface area contributed by atoms with Gasteiger partial charge in [-0.05, 0) is 81.6 Å². The molecular formula is C63H40N4OS. The van der Waals surface area contributed by atoms with Gasteiger partial charge in [0.1, 0.15) is 11.2 Å². The summed E-state index contributed by atoms with van der Waals surface area (Å²) in [5.74, 6) is 1.42. The van der Waals surface area contributed by atoms with Crippen LogP contribution in [0.15, 0.2) is 211 Å². The minimum atomic E-state index is -0.205. The van der Waals surface area contributed by atoms with Crippen LogP contribution in [0.3, 0.4) is 0 Å². The molecule has 4 aromatic heterocycles. The zero-order valence-electron chi connectivity index (χ0n) is 37.7. The summed E-state index contributed by atoms with van der Waals surface area (Å²) in [6.07, 6.45) is 0. The average Bonchev–Trinajstić information content (AvgIpc) is 4.14. The molecule has 0 saturated carbocycles. The summed E-state index contributed by atoms with van der Waals surface area (Å²) in [4.78, 5) is 13.8. The quantitative estimate of drug-likeness (QED) is 0.173. The second-order valence-corrected chi connectivity index (χ2v) is 19.9. The third-order valence-corrected chi connectivity index (χ3v) is 16.0. The molecule has 0 atom stereocenters. The molecule has 0 N–H and O–H groups in total. The van der Waals surface area contributed by atoms with Crippen molar-refractivity contribution in [3.63, 3.8) is 0 Å². The zero-order valence-corrected chi connectivity index (χ0v) is 38.6. The normalized spacial score (nSPS) is 13.2. The fourth-order valence-corrected chi connectivity index (χ4v) is 13.0. The molecule has 4 heterocycles. The summed E-state index contributed by atoms with van der Waals surface area (Å²) >= 11 is 1.85. The Labute approximate surface area is 400 Å². The number of hydrogen-bond donors (Lipinski definition) is 0. The van der Waals surface area contributed by atoms with Gasteiger partial charge >= 0.3 is 0 Å². The fraction of sp³-hybridized carbons (Fsp3) is 0.0476. The van der Waals surface area contributed by atoms with E-state index in [1.54, 1.807) is 0 Å². The SMILES string of the molecule is CC1(C)c2ccccc2-c2c(N(c3ccc(-c4cccc5c4oc4ccccc45)cc3)c3nc(-n4c5ccccc5c5c6ccccc6c6c7ccccc7sc6c54)nc4ccccc34)cccc21. The third-order valence-electron chi connectivity index (χ3n) is 14.8. The molecule has 1 aliphatic carbocycles. The van der Waals surface area contributed by atoms with E-state index < -0.39 is 0 Å². The number of para-hydroxylation sites is 4. The van der Waals surface area contributed by atoms with Gasteiger partial charge in [-0.2, -0.15) is 4.98 Å². The maximum atomic E-state index is 6.55. The third kappa shape index (κ3) is 5.35. The number of benzene rings is 10. The second-order valence-electron chi connectivity index (χ2n) is 18.8. The van der Waals surface area contributed by atoms with Gasteiger partial charge in [0.05, 0.1) is 26.9 Å². The maximum absolute atomic E-state index is 6.55. The number of furan rings is 1. The molecule has 0 saturated heterocycles. The van der Waals surface area contributed by atoms with Crippen LogP contribution in [0, 0.1) is 0 Å². The van der Waals surface area contributed by atoms with Crippen molar-refractivity contribution >= 4 is 114 Å². The van der Waals surface area contributed by atoms with Crippen LogP contribution in [-0.4, -0.2) is 14.5 Å². The average molecular weight is 901 g/mol. The number of thiophene rings is 1. The molecule has 10 aromatic carbocycles. The van der Waals surface area contributed by atoms with Crippen LogP contribution in [0.25, 0.3) is 114 Å². The van der Waals surface area contributed by atoms with Crippen molar-refractivity contribution in [3.05, 3.63) is 217 Å². The van der Waals surface area contributed by atoms with Crippen LogP contribution in [0.1, 0.15) is 25.0 Å². The van der Waals surface area contributed by atoms with E-state index in [4.69, 9.17) is 14.4 Å². The Balaban J connectivity index is 1.03. The van der Waals surface area contributed by atoms with Crippen molar-refractivity contribution in [2.45, 2.75) is 19.3 Å². The van der Waals surface area contributed by atoms with Gasteiger partial charge in [-0.15, -0.1) is 11.3 Å². The van der Waals surface area contributed by atoms with Crippen LogP contribution >= 0.6 is 11.3 Å². The van der Waals surface area contributed by atoms with Gasteiger partial charge in [0.25, 0.3) is 0 Å². The first-order valence-electron chi connectivity index (χ1n) is 23.6. The molecule has 0 unspecified atom stereocenters. The van der Waals surface area contributed by atoms with Crippen molar-refractivity contribution in [1.29, 1.82) is 0 Å². The summed E-state index contributed by atoms with van der Waals surface area (Å²) in [5, 5.41) is 10.6. The standard InChI is InChI=1S/C63H40N4OS/c1-63(2)48-26-10-5-20-44(48)57-49(63)27-16-30-52(57)66(38-35-33-37(34-36-38)39-24-15-25-43-40-17-8-13-31-53(40)68-59(39)43)61-45-21-6-11-28-50(45)64-62(65-61)67-51-29-12-7-22-46(51)55-41-18-3-4-19-42(41)56-47-23-9-14-32-54(47)69-60(56)58(55)67/h3-36H,1-2H3. The first-order chi connectivity index (χ1) is 34.0. The van der Waals surface area contributed by atoms with E-state index in [0.29, 0.717) is 5.95 Å². The Morgan fingerprint density at radius 2 is 1.14 bits per heavy atom. The predicted molar refractivity (Wildman–Crippen MR) is 289 cm³/mol. The van der Waals surface area contributed by atoms with Gasteiger partial charge in [0.15, 0.2) is 5.82 Å². The van der Waals surface area contributed by atoms with E-state index in [0.717, 1.165) is 72.2 Å². The van der Waals surface area contributed by atoms with Crippen LogP contribution in [0.2, 0.25) is 0 Å². The zero-order chi connectivity index (χ0) is 45.5. The van der Waals surface area contributed by atoms with Crippen molar-refractivity contribution in [1.82, 2.24) is 14.5 Å². The Hall–Kier alpha value is -8.58. The molecule has 0 fully saturated rings. The van der Waals surface area contributed by atoms with Gasteiger partial charge in [0, 0.05) is 64.6 Å². The van der Waals surface area contributed by atoms with E-state index in [9.17, 15) is 0 Å². The van der Waals surface area contributed by atoms with E-state index in [1.165, 1.54) is 64.0 Å². The van der Waals surface area contributed by atoms with E-state index in [-0.39, 0.29) is 5.41 Å². The molecule has 15 rings (SSSR count). The molecule has 0 radical (unpaired) electrons. The van der Waals surface area contributed by atoms with Gasteiger partial charge in [-0.25, -0.2) is 4.98 Å². The lowest BCUT2D eigenvalue weighted by molar-refractivity contribution is 0.660. The highest BCUT2D eigenvalue weighted by Crippen LogP contribution is 2.55. The Morgan fingerprint density at radius 1 is 0.507 bits per heavy atom. The smallest absolute Gasteiger partial charge is 0.237 e. The Morgan fingerprint density at radius 3 is 2.00 bits per heavy atom. The van der Waals surface area contributed by atoms with Crippen LogP contribution < -0.4 is 4.90 Å². The summed E-state index contributed by atoms with van der Waals surface area (Å²) < 4.78 is 11.4. The first-order valence-corrected chi connectivity index (χ1v) is 24.4. The van der Waals surface area contributed by atoms with Gasteiger partial charge < -0.3 is 4.42 Å². The summed E-state index contributed by atoms with van der Waals surface area (Å²) in [6, 6.07) is 74.3. The monoisotopic (exact) mass is 900 g/mol. The largest absolute Gasteiger partial charge is 0.455 e. The molecule has 0 amide bonds. The van der Waals surface area contributed by atoms with E-state index >= 15 is 0 Å². The van der Waals surface area contributed by atoms with Gasteiger partial charge in [-0.1, -0.05) is 172 Å². The van der Waals surface area contributed by atoms with Gasteiger partial charge in [0.2, 0.25) is 5.95 Å². The fourth-order valence-electron chi connectivity index (χ4n) is 11.7. The Bertz CT molecular complexity index is 4480. The highest BCUT2D eigenvalue weighted by Gasteiger charge is 2.38. The lowest BCUT2D eigenvalue weighted by atomic mass is 9.82. The summed E-state index contributed by atoms with van der Waals surface area (Å²) in [7, 11) is 0. The van der Waals surface area contributed by atoms with Gasteiger partial charge in [-0.3, -0.25) is 9.47 Å². The summed E-state index contributed by atoms with van der Waals surface area (Å²) in [6.45, 7) is 4.69. The minimum Gasteiger partial charge on any atom is -0.455 e. The molecule has 0 spiro atoms. The molecule has 5 nitrogen and oxygen atoms in total. The molecule has 6 heteroatoms. The topological polar surface area (TPSA) is 47.1 Å². The van der Waals surface area contributed by atoms with E-state index in [2.05, 4.69) is 217 Å². The number of anilines is 3. The second kappa shape index (κ2) is 14.2. The number of rotatable bonds is 5. The minimum absolute atomic E-state index is 0.205. The summed E-state index contributed by atoms with van der Waals surface area (Å²) in [5.41, 5.74) is 13.9.